The average Bonchev–Trinajstić information content (AvgIpc) is 3.16. The van der Waals surface area contributed by atoms with Crippen LogP contribution in [-0.4, -0.2) is 48.4 Å². The molecule has 7 heteroatoms. The Morgan fingerprint density at radius 2 is 1.71 bits per heavy atom. The number of thiophene rings is 1. The molecule has 4 nitrogen and oxygen atoms in total. The van der Waals surface area contributed by atoms with Gasteiger partial charge in [0, 0.05) is 30.6 Å². The molecule has 1 N–H and O–H groups in total. The first kappa shape index (κ1) is 27.5. The van der Waals surface area contributed by atoms with E-state index in [9.17, 15) is 0 Å². The fraction of sp³-hybridized carbons (Fsp3) is 0.393. The van der Waals surface area contributed by atoms with Crippen LogP contribution in [0.5, 0.6) is 0 Å². The van der Waals surface area contributed by atoms with E-state index in [1.807, 2.05) is 11.3 Å². The maximum atomic E-state index is 5.25. The van der Waals surface area contributed by atoms with E-state index in [1.165, 1.54) is 21.0 Å². The summed E-state index contributed by atoms with van der Waals surface area (Å²) in [4.78, 5) is 11.7. The first-order chi connectivity index (χ1) is 15.9. The van der Waals surface area contributed by atoms with E-state index in [4.69, 9.17) is 4.99 Å². The Morgan fingerprint density at radius 3 is 2.46 bits per heavy atom. The summed E-state index contributed by atoms with van der Waals surface area (Å²) >= 11 is 1.87. The highest BCUT2D eigenvalue weighted by atomic mass is 35.5. The van der Waals surface area contributed by atoms with Crippen molar-refractivity contribution in [3.8, 4) is 0 Å². The molecule has 1 atom stereocenters. The van der Waals surface area contributed by atoms with E-state index < -0.39 is 0 Å². The molecule has 0 saturated carbocycles. The Hall–Kier alpha value is -2.05. The van der Waals surface area contributed by atoms with Gasteiger partial charge < -0.3 is 10.2 Å². The van der Waals surface area contributed by atoms with Crippen LogP contribution in [0.3, 0.4) is 0 Å². The molecule has 2 aromatic carbocycles. The number of rotatable bonds is 3. The van der Waals surface area contributed by atoms with E-state index in [1.54, 1.807) is 0 Å². The monoisotopic (exact) mass is 530 g/mol. The van der Waals surface area contributed by atoms with Gasteiger partial charge in [-0.05, 0) is 49.1 Å². The zero-order chi connectivity index (χ0) is 23.0. The molecule has 0 bridgehead atoms. The minimum atomic E-state index is 0. The largest absolute Gasteiger partial charge is 0.353 e. The Bertz CT molecular complexity index is 1150. The van der Waals surface area contributed by atoms with Crippen molar-refractivity contribution in [3.05, 3.63) is 76.7 Å². The number of aryl methyl sites for hydroxylation is 1. The third-order valence-electron chi connectivity index (χ3n) is 6.78. The quantitative estimate of drug-likeness (QED) is 0.386. The number of piperazine rings is 1. The number of nitrogens with one attached hydrogen (secondary N) is 1. The van der Waals surface area contributed by atoms with Gasteiger partial charge in [0.1, 0.15) is 10.8 Å². The lowest BCUT2D eigenvalue weighted by Gasteiger charge is -2.41. The van der Waals surface area contributed by atoms with Gasteiger partial charge in [-0.15, -0.1) is 36.2 Å². The standard InChI is InChI=1S/C28H34N4S.2ClH/c1-28(2,3)25-18-22-26(29-23-12-8-9-13-24(23)30-27(22)33-25)32-17-16-31(4)21(19-32)15-14-20-10-6-5-7-11-20;;/h5-13,18,21,30H,14-17,19H2,1-4H3;2*1H. The maximum Gasteiger partial charge on any atom is 0.139 e. The molecule has 1 aromatic heterocycles. The fourth-order valence-electron chi connectivity index (χ4n) is 4.66. The van der Waals surface area contributed by atoms with Crippen LogP contribution in [0.25, 0.3) is 0 Å². The van der Waals surface area contributed by atoms with Crippen molar-refractivity contribution in [3.63, 3.8) is 0 Å². The van der Waals surface area contributed by atoms with Gasteiger partial charge in [0.2, 0.25) is 0 Å². The molecule has 0 spiro atoms. The first-order valence-corrected chi connectivity index (χ1v) is 12.8. The number of benzene rings is 2. The van der Waals surface area contributed by atoms with Crippen LogP contribution in [0.1, 0.15) is 43.2 Å². The van der Waals surface area contributed by atoms with Gasteiger partial charge >= 0.3 is 0 Å². The minimum Gasteiger partial charge on any atom is -0.353 e. The normalized spacial score (nSPS) is 17.7. The van der Waals surface area contributed by atoms with Gasteiger partial charge in [-0.2, -0.15) is 0 Å². The SMILES string of the molecule is CN1CCN(C2=Nc3ccccc3Nc3sc(C(C)(C)C)cc32)CC1CCc1ccccc1.Cl.Cl. The second-order valence-corrected chi connectivity index (χ2v) is 11.3. The van der Waals surface area contributed by atoms with E-state index in [2.05, 4.69) is 104 Å². The Balaban J connectivity index is 0.00000171. The van der Waals surface area contributed by atoms with Crippen molar-refractivity contribution in [2.75, 3.05) is 32.0 Å². The van der Waals surface area contributed by atoms with Gasteiger partial charge in [-0.1, -0.05) is 63.2 Å². The minimum absolute atomic E-state index is 0. The highest BCUT2D eigenvalue weighted by Gasteiger charge is 2.31. The fourth-order valence-corrected chi connectivity index (χ4v) is 5.79. The summed E-state index contributed by atoms with van der Waals surface area (Å²) in [7, 11) is 2.27. The van der Waals surface area contributed by atoms with Gasteiger partial charge in [-0.25, -0.2) is 4.99 Å². The molecule has 1 unspecified atom stereocenters. The predicted molar refractivity (Wildman–Crippen MR) is 156 cm³/mol. The number of hydrogen-bond acceptors (Lipinski definition) is 5. The van der Waals surface area contributed by atoms with Crippen LogP contribution < -0.4 is 5.32 Å². The second-order valence-electron chi connectivity index (χ2n) is 10.3. The molecule has 35 heavy (non-hydrogen) atoms. The highest BCUT2D eigenvalue weighted by molar-refractivity contribution is 7.16. The molecule has 2 aliphatic heterocycles. The molecule has 188 valence electrons. The van der Waals surface area contributed by atoms with Gasteiger partial charge in [0.05, 0.1) is 16.9 Å². The van der Waals surface area contributed by atoms with Crippen LogP contribution >= 0.6 is 36.2 Å². The number of fused-ring (bicyclic) bond motifs is 2. The molecule has 0 amide bonds. The number of likely N-dealkylation sites (N-methyl/N-ethyl adjacent to an activating group) is 1. The van der Waals surface area contributed by atoms with Crippen molar-refractivity contribution < 1.29 is 0 Å². The molecule has 5 rings (SSSR count). The molecule has 3 heterocycles. The lowest BCUT2D eigenvalue weighted by atomic mass is 9.94. The number of para-hydroxylation sites is 2. The van der Waals surface area contributed by atoms with Gasteiger partial charge in [-0.3, -0.25) is 4.90 Å². The average molecular weight is 532 g/mol. The zero-order valence-corrected chi connectivity index (χ0v) is 23.4. The number of aliphatic imine (C=N–C) groups is 1. The molecular weight excluding hydrogens is 495 g/mol. The first-order valence-electron chi connectivity index (χ1n) is 12.0. The summed E-state index contributed by atoms with van der Waals surface area (Å²) < 4.78 is 0. The third kappa shape index (κ3) is 6.03. The van der Waals surface area contributed by atoms with Crippen molar-refractivity contribution in [2.45, 2.75) is 45.1 Å². The van der Waals surface area contributed by atoms with Gasteiger partial charge in [0.15, 0.2) is 0 Å². The summed E-state index contributed by atoms with van der Waals surface area (Å²) in [6.07, 6.45) is 2.27. The van der Waals surface area contributed by atoms with Crippen molar-refractivity contribution in [1.82, 2.24) is 9.80 Å². The Labute approximate surface area is 226 Å². The Kier molecular flexibility index (Phi) is 8.92. The van der Waals surface area contributed by atoms with Crippen molar-refractivity contribution >= 4 is 58.4 Å². The Morgan fingerprint density at radius 1 is 1.00 bits per heavy atom. The zero-order valence-electron chi connectivity index (χ0n) is 21.0. The van der Waals surface area contributed by atoms with Crippen LogP contribution in [0.15, 0.2) is 65.7 Å². The number of anilines is 2. The van der Waals surface area contributed by atoms with Gasteiger partial charge in [0.25, 0.3) is 0 Å². The molecule has 0 radical (unpaired) electrons. The lowest BCUT2D eigenvalue weighted by Crippen LogP contribution is -2.53. The summed E-state index contributed by atoms with van der Waals surface area (Å²) in [6.45, 7) is 9.93. The summed E-state index contributed by atoms with van der Waals surface area (Å²) in [5.41, 5.74) is 4.89. The molecule has 1 saturated heterocycles. The lowest BCUT2D eigenvalue weighted by molar-refractivity contribution is 0.134. The van der Waals surface area contributed by atoms with E-state index in [0.717, 1.165) is 49.7 Å². The smallest absolute Gasteiger partial charge is 0.139 e. The number of nitrogens with zero attached hydrogens (tertiary/aromatic N) is 3. The molecule has 3 aromatic rings. The summed E-state index contributed by atoms with van der Waals surface area (Å²) in [5, 5.41) is 4.91. The topological polar surface area (TPSA) is 30.9 Å². The van der Waals surface area contributed by atoms with Crippen molar-refractivity contribution in [1.29, 1.82) is 0 Å². The second kappa shape index (κ2) is 11.3. The van der Waals surface area contributed by atoms with Crippen LogP contribution in [-0.2, 0) is 11.8 Å². The summed E-state index contributed by atoms with van der Waals surface area (Å²) in [6, 6.07) is 22.2. The van der Waals surface area contributed by atoms with E-state index in [-0.39, 0.29) is 30.2 Å². The van der Waals surface area contributed by atoms with Crippen LogP contribution in [0.2, 0.25) is 0 Å². The number of halogens is 2. The molecule has 0 aliphatic carbocycles. The maximum absolute atomic E-state index is 5.25. The number of amidine groups is 1. The predicted octanol–water partition coefficient (Wildman–Crippen LogP) is 7.27. The highest BCUT2D eigenvalue weighted by Crippen LogP contribution is 2.42. The molecular formula is C28H36Cl2N4S. The third-order valence-corrected chi connectivity index (χ3v) is 8.25. The van der Waals surface area contributed by atoms with Crippen molar-refractivity contribution in [2.24, 2.45) is 4.99 Å². The molecule has 1 fully saturated rings. The van der Waals surface area contributed by atoms with Crippen LogP contribution in [0.4, 0.5) is 16.4 Å². The molecule has 2 aliphatic rings. The van der Waals surface area contributed by atoms with E-state index >= 15 is 0 Å². The van der Waals surface area contributed by atoms with E-state index in [0.29, 0.717) is 6.04 Å². The summed E-state index contributed by atoms with van der Waals surface area (Å²) in [5.74, 6) is 1.12. The van der Waals surface area contributed by atoms with Crippen LogP contribution in [0, 0.1) is 0 Å². The number of hydrogen-bond donors (Lipinski definition) is 1.